The topological polar surface area (TPSA) is 55.6 Å². The standard InChI is InChI=1S/C17H16N2O3.C2H6/c1-19(16-4-2-3-9-18-16)10-11-21-14-7-5-13-6-8-17(20)22-15(13)12-14;1-2/h2-9,12H,10-11H2,1H3;1-2H3. The molecule has 0 radical (unpaired) electrons. The van der Waals surface area contributed by atoms with Crippen molar-refractivity contribution in [3.8, 4) is 5.75 Å². The van der Waals surface area contributed by atoms with Crippen LogP contribution in [0.5, 0.6) is 5.75 Å². The van der Waals surface area contributed by atoms with Gasteiger partial charge in [-0.1, -0.05) is 19.9 Å². The summed E-state index contributed by atoms with van der Waals surface area (Å²) in [4.78, 5) is 17.5. The maximum atomic E-state index is 11.2. The lowest BCUT2D eigenvalue weighted by Crippen LogP contribution is -2.24. The summed E-state index contributed by atoms with van der Waals surface area (Å²) in [5, 5.41) is 0.873. The Morgan fingerprint density at radius 2 is 1.92 bits per heavy atom. The first-order valence-corrected chi connectivity index (χ1v) is 8.01. The highest BCUT2D eigenvalue weighted by Crippen LogP contribution is 2.19. The van der Waals surface area contributed by atoms with Crippen molar-refractivity contribution in [3.05, 3.63) is 65.1 Å². The van der Waals surface area contributed by atoms with E-state index in [-0.39, 0.29) is 5.63 Å². The zero-order valence-corrected chi connectivity index (χ0v) is 14.2. The summed E-state index contributed by atoms with van der Waals surface area (Å²) in [5.41, 5.74) is 0.169. The number of rotatable bonds is 5. The van der Waals surface area contributed by atoms with Crippen LogP contribution < -0.4 is 15.3 Å². The normalized spacial score (nSPS) is 9.96. The Balaban J connectivity index is 0.00000100. The Kier molecular flexibility index (Phi) is 6.37. The van der Waals surface area contributed by atoms with Gasteiger partial charge in [-0.05, 0) is 30.3 Å². The summed E-state index contributed by atoms with van der Waals surface area (Å²) in [6.07, 6.45) is 1.76. The van der Waals surface area contributed by atoms with Crippen molar-refractivity contribution in [2.45, 2.75) is 13.8 Å². The van der Waals surface area contributed by atoms with Crippen LogP contribution in [0.15, 0.2) is 63.9 Å². The lowest BCUT2D eigenvalue weighted by Gasteiger charge is -2.18. The minimum atomic E-state index is -0.362. The minimum Gasteiger partial charge on any atom is -0.492 e. The fourth-order valence-corrected chi connectivity index (χ4v) is 2.13. The number of anilines is 1. The van der Waals surface area contributed by atoms with Gasteiger partial charge in [0.1, 0.15) is 23.8 Å². The number of nitrogens with zero attached hydrogens (tertiary/aromatic N) is 2. The Labute approximate surface area is 141 Å². The lowest BCUT2D eigenvalue weighted by atomic mass is 10.2. The quantitative estimate of drug-likeness (QED) is 0.669. The van der Waals surface area contributed by atoms with E-state index in [4.69, 9.17) is 9.15 Å². The average molecular weight is 326 g/mol. The largest absolute Gasteiger partial charge is 0.492 e. The van der Waals surface area contributed by atoms with Gasteiger partial charge in [0.15, 0.2) is 0 Å². The van der Waals surface area contributed by atoms with Crippen LogP contribution in [0.1, 0.15) is 13.8 Å². The Morgan fingerprint density at radius 3 is 2.67 bits per heavy atom. The first kappa shape index (κ1) is 17.5. The number of benzene rings is 1. The molecule has 1 aromatic carbocycles. The van der Waals surface area contributed by atoms with Crippen molar-refractivity contribution in [3.63, 3.8) is 0 Å². The highest BCUT2D eigenvalue weighted by Gasteiger charge is 2.03. The van der Waals surface area contributed by atoms with E-state index in [9.17, 15) is 4.79 Å². The molecule has 0 spiro atoms. The number of fused-ring (bicyclic) bond motifs is 1. The van der Waals surface area contributed by atoms with Gasteiger partial charge in [0, 0.05) is 30.8 Å². The number of hydrogen-bond acceptors (Lipinski definition) is 5. The molecule has 0 atom stereocenters. The van der Waals surface area contributed by atoms with E-state index in [2.05, 4.69) is 4.98 Å². The summed E-state index contributed by atoms with van der Waals surface area (Å²) >= 11 is 0. The zero-order valence-electron chi connectivity index (χ0n) is 14.2. The summed E-state index contributed by atoms with van der Waals surface area (Å²) in [5.74, 6) is 1.58. The highest BCUT2D eigenvalue weighted by atomic mass is 16.5. The van der Waals surface area contributed by atoms with Crippen molar-refractivity contribution in [1.82, 2.24) is 4.98 Å². The maximum Gasteiger partial charge on any atom is 0.336 e. The third-order valence-corrected chi connectivity index (χ3v) is 3.33. The molecule has 0 N–H and O–H groups in total. The molecule has 0 fully saturated rings. The third-order valence-electron chi connectivity index (χ3n) is 3.33. The van der Waals surface area contributed by atoms with Gasteiger partial charge in [-0.15, -0.1) is 0 Å². The van der Waals surface area contributed by atoms with Crippen LogP contribution in [-0.2, 0) is 0 Å². The molecule has 0 amide bonds. The van der Waals surface area contributed by atoms with E-state index < -0.39 is 0 Å². The molecule has 0 saturated carbocycles. The number of hydrogen-bond donors (Lipinski definition) is 0. The van der Waals surface area contributed by atoms with Crippen LogP contribution in [0.4, 0.5) is 5.82 Å². The molecular formula is C19H22N2O3. The molecule has 0 aliphatic rings. The number of likely N-dealkylation sites (N-methyl/N-ethyl adjacent to an activating group) is 1. The third kappa shape index (κ3) is 4.59. The second kappa shape index (κ2) is 8.72. The Hall–Kier alpha value is -2.82. The molecule has 0 aliphatic heterocycles. The van der Waals surface area contributed by atoms with Gasteiger partial charge < -0.3 is 14.1 Å². The monoisotopic (exact) mass is 326 g/mol. The first-order valence-electron chi connectivity index (χ1n) is 8.01. The van der Waals surface area contributed by atoms with Gasteiger partial charge in [-0.2, -0.15) is 0 Å². The number of pyridine rings is 1. The van der Waals surface area contributed by atoms with E-state index in [0.29, 0.717) is 24.5 Å². The van der Waals surface area contributed by atoms with Crippen LogP contribution in [-0.4, -0.2) is 25.2 Å². The molecule has 0 unspecified atom stereocenters. The molecular weight excluding hydrogens is 304 g/mol. The summed E-state index contributed by atoms with van der Waals surface area (Å²) in [7, 11) is 1.96. The molecule has 126 valence electrons. The van der Waals surface area contributed by atoms with Crippen LogP contribution >= 0.6 is 0 Å². The van der Waals surface area contributed by atoms with Gasteiger partial charge in [0.05, 0.1) is 6.54 Å². The number of aromatic nitrogens is 1. The summed E-state index contributed by atoms with van der Waals surface area (Å²) in [6.45, 7) is 5.21. The van der Waals surface area contributed by atoms with E-state index in [1.165, 1.54) is 6.07 Å². The van der Waals surface area contributed by atoms with E-state index in [1.54, 1.807) is 18.3 Å². The fraction of sp³-hybridized carbons (Fsp3) is 0.263. The predicted octanol–water partition coefficient (Wildman–Crippen LogP) is 3.73. The average Bonchev–Trinajstić information content (AvgIpc) is 2.63. The van der Waals surface area contributed by atoms with Gasteiger partial charge in [-0.3, -0.25) is 0 Å². The second-order valence-corrected chi connectivity index (χ2v) is 4.91. The van der Waals surface area contributed by atoms with Crippen molar-refractivity contribution in [2.24, 2.45) is 0 Å². The molecule has 2 aromatic heterocycles. The summed E-state index contributed by atoms with van der Waals surface area (Å²) in [6, 6.07) is 14.4. The SMILES string of the molecule is CC.CN(CCOc1ccc2ccc(=O)oc2c1)c1ccccn1. The molecule has 2 heterocycles. The van der Waals surface area contributed by atoms with Gasteiger partial charge in [0.2, 0.25) is 0 Å². The van der Waals surface area contributed by atoms with Gasteiger partial charge >= 0.3 is 5.63 Å². The number of ether oxygens (including phenoxy) is 1. The van der Waals surface area contributed by atoms with E-state index >= 15 is 0 Å². The molecule has 0 saturated heterocycles. The van der Waals surface area contributed by atoms with Crippen molar-refractivity contribution in [1.29, 1.82) is 0 Å². The second-order valence-electron chi connectivity index (χ2n) is 4.91. The molecule has 3 aromatic rings. The molecule has 5 heteroatoms. The van der Waals surface area contributed by atoms with E-state index in [0.717, 1.165) is 11.2 Å². The molecule has 0 aliphatic carbocycles. The Bertz CT molecular complexity index is 815. The van der Waals surface area contributed by atoms with Crippen molar-refractivity contribution >= 4 is 16.8 Å². The van der Waals surface area contributed by atoms with E-state index in [1.807, 2.05) is 56.1 Å². The van der Waals surface area contributed by atoms with Crippen LogP contribution in [0.25, 0.3) is 11.0 Å². The zero-order chi connectivity index (χ0) is 17.4. The minimum absolute atomic E-state index is 0.362. The predicted molar refractivity (Wildman–Crippen MR) is 96.8 cm³/mol. The summed E-state index contributed by atoms with van der Waals surface area (Å²) < 4.78 is 10.9. The molecule has 5 nitrogen and oxygen atoms in total. The molecule has 3 rings (SSSR count). The van der Waals surface area contributed by atoms with Crippen molar-refractivity contribution < 1.29 is 9.15 Å². The highest BCUT2D eigenvalue weighted by molar-refractivity contribution is 5.77. The van der Waals surface area contributed by atoms with Crippen LogP contribution in [0, 0.1) is 0 Å². The molecule has 24 heavy (non-hydrogen) atoms. The fourth-order valence-electron chi connectivity index (χ4n) is 2.13. The molecule has 0 bridgehead atoms. The van der Waals surface area contributed by atoms with Crippen molar-refractivity contribution in [2.75, 3.05) is 25.1 Å². The Morgan fingerprint density at radius 1 is 1.12 bits per heavy atom. The van der Waals surface area contributed by atoms with Gasteiger partial charge in [0.25, 0.3) is 0 Å². The van der Waals surface area contributed by atoms with Gasteiger partial charge in [-0.25, -0.2) is 9.78 Å². The van der Waals surface area contributed by atoms with Crippen LogP contribution in [0.3, 0.4) is 0 Å². The lowest BCUT2D eigenvalue weighted by molar-refractivity contribution is 0.325. The smallest absolute Gasteiger partial charge is 0.336 e. The van der Waals surface area contributed by atoms with Crippen LogP contribution in [0.2, 0.25) is 0 Å². The first-order chi connectivity index (χ1) is 11.7. The maximum absolute atomic E-state index is 11.2.